The Hall–Kier alpha value is -0.0800. The zero-order valence-corrected chi connectivity index (χ0v) is 11.5. The highest BCUT2D eigenvalue weighted by Gasteiger charge is 2.45. The molecule has 2 nitrogen and oxygen atoms in total. The van der Waals surface area contributed by atoms with Crippen molar-refractivity contribution in [1.29, 1.82) is 0 Å². The second-order valence-corrected chi connectivity index (χ2v) is 7.02. The van der Waals surface area contributed by atoms with Gasteiger partial charge in [-0.2, -0.15) is 0 Å². The monoisotopic (exact) mass is 236 g/mol. The third-order valence-electron chi connectivity index (χ3n) is 5.40. The number of hydrogen-bond donors (Lipinski definition) is 1. The first kappa shape index (κ1) is 12.0. The van der Waals surface area contributed by atoms with Gasteiger partial charge < -0.3 is 5.32 Å². The second kappa shape index (κ2) is 4.55. The van der Waals surface area contributed by atoms with Gasteiger partial charge in [-0.3, -0.25) is 4.90 Å². The summed E-state index contributed by atoms with van der Waals surface area (Å²) < 4.78 is 0. The first-order valence-electron chi connectivity index (χ1n) is 7.65. The molecule has 3 rings (SSSR count). The minimum atomic E-state index is 0.646. The molecule has 17 heavy (non-hydrogen) atoms. The van der Waals surface area contributed by atoms with Crippen LogP contribution in [0.3, 0.4) is 0 Å². The van der Waals surface area contributed by atoms with E-state index in [2.05, 4.69) is 24.1 Å². The topological polar surface area (TPSA) is 15.3 Å². The Labute approximate surface area is 106 Å². The van der Waals surface area contributed by atoms with Crippen LogP contribution >= 0.6 is 0 Å². The molecule has 0 aromatic heterocycles. The molecule has 0 amide bonds. The van der Waals surface area contributed by atoms with Gasteiger partial charge in [-0.15, -0.1) is 0 Å². The maximum atomic E-state index is 3.67. The molecule has 1 heterocycles. The molecular weight excluding hydrogens is 208 g/mol. The maximum Gasteiger partial charge on any atom is 0.0195 e. The highest BCUT2D eigenvalue weighted by Crippen LogP contribution is 2.50. The van der Waals surface area contributed by atoms with Gasteiger partial charge >= 0.3 is 0 Å². The Kier molecular flexibility index (Phi) is 3.20. The molecule has 0 radical (unpaired) electrons. The van der Waals surface area contributed by atoms with Crippen molar-refractivity contribution < 1.29 is 0 Å². The van der Waals surface area contributed by atoms with Gasteiger partial charge in [-0.05, 0) is 63.3 Å². The van der Waals surface area contributed by atoms with Gasteiger partial charge in [0, 0.05) is 25.2 Å². The van der Waals surface area contributed by atoms with Crippen molar-refractivity contribution in [3.05, 3.63) is 0 Å². The third-order valence-corrected chi connectivity index (χ3v) is 5.40. The molecule has 98 valence electrons. The SMILES string of the molecule is CC(N(CC1CC1)CC1CCCN1)C1(C)CC1. The lowest BCUT2D eigenvalue weighted by atomic mass is 9.98. The summed E-state index contributed by atoms with van der Waals surface area (Å²) in [6.07, 6.45) is 8.65. The van der Waals surface area contributed by atoms with Crippen LogP contribution in [0.25, 0.3) is 0 Å². The van der Waals surface area contributed by atoms with Crippen molar-refractivity contribution in [2.45, 2.75) is 64.5 Å². The van der Waals surface area contributed by atoms with E-state index in [0.29, 0.717) is 5.41 Å². The zero-order valence-electron chi connectivity index (χ0n) is 11.5. The summed E-state index contributed by atoms with van der Waals surface area (Å²) in [6, 6.07) is 1.57. The lowest BCUT2D eigenvalue weighted by Gasteiger charge is -2.35. The van der Waals surface area contributed by atoms with Crippen LogP contribution in [-0.4, -0.2) is 36.6 Å². The Morgan fingerprint density at radius 1 is 1.24 bits per heavy atom. The third kappa shape index (κ3) is 2.85. The van der Waals surface area contributed by atoms with Crippen LogP contribution in [0, 0.1) is 11.3 Å². The van der Waals surface area contributed by atoms with Gasteiger partial charge in [-0.25, -0.2) is 0 Å². The summed E-state index contributed by atoms with van der Waals surface area (Å²) in [7, 11) is 0. The summed E-state index contributed by atoms with van der Waals surface area (Å²) in [4.78, 5) is 2.81. The normalized spacial score (nSPS) is 33.0. The van der Waals surface area contributed by atoms with Crippen LogP contribution in [0.4, 0.5) is 0 Å². The second-order valence-electron chi connectivity index (χ2n) is 7.02. The minimum absolute atomic E-state index is 0.646. The van der Waals surface area contributed by atoms with Crippen LogP contribution in [0.15, 0.2) is 0 Å². The van der Waals surface area contributed by atoms with E-state index in [0.717, 1.165) is 18.0 Å². The quantitative estimate of drug-likeness (QED) is 0.763. The average molecular weight is 236 g/mol. The average Bonchev–Trinajstić information content (AvgIpc) is 3.21. The molecule has 3 aliphatic rings. The molecule has 2 saturated carbocycles. The Morgan fingerprint density at radius 2 is 2.00 bits per heavy atom. The van der Waals surface area contributed by atoms with Gasteiger partial charge in [0.05, 0.1) is 0 Å². The first-order chi connectivity index (χ1) is 8.17. The lowest BCUT2D eigenvalue weighted by Crippen LogP contribution is -2.46. The Bertz CT molecular complexity index is 262. The molecule has 0 spiro atoms. The van der Waals surface area contributed by atoms with Gasteiger partial charge in [0.2, 0.25) is 0 Å². The Morgan fingerprint density at radius 3 is 2.53 bits per heavy atom. The fourth-order valence-corrected chi connectivity index (χ4v) is 3.27. The molecule has 2 aliphatic carbocycles. The van der Waals surface area contributed by atoms with Gasteiger partial charge in [0.15, 0.2) is 0 Å². The van der Waals surface area contributed by atoms with Crippen LogP contribution in [-0.2, 0) is 0 Å². The predicted octanol–water partition coefficient (Wildman–Crippen LogP) is 2.64. The predicted molar refractivity (Wildman–Crippen MR) is 72.1 cm³/mol. The molecular formula is C15H28N2. The number of rotatable bonds is 6. The summed E-state index contributed by atoms with van der Waals surface area (Å²) >= 11 is 0. The van der Waals surface area contributed by atoms with E-state index in [1.807, 2.05) is 0 Å². The van der Waals surface area contributed by atoms with Gasteiger partial charge in [-0.1, -0.05) is 6.92 Å². The number of hydrogen-bond acceptors (Lipinski definition) is 2. The highest BCUT2D eigenvalue weighted by molar-refractivity contribution is 4.99. The van der Waals surface area contributed by atoms with Crippen LogP contribution in [0.5, 0.6) is 0 Å². The fourth-order valence-electron chi connectivity index (χ4n) is 3.27. The van der Waals surface area contributed by atoms with Crippen molar-refractivity contribution in [3.8, 4) is 0 Å². The van der Waals surface area contributed by atoms with Crippen molar-refractivity contribution in [2.75, 3.05) is 19.6 Å². The van der Waals surface area contributed by atoms with E-state index in [1.54, 1.807) is 0 Å². The summed E-state index contributed by atoms with van der Waals surface area (Å²) in [5, 5.41) is 3.67. The van der Waals surface area contributed by atoms with Crippen molar-refractivity contribution in [1.82, 2.24) is 10.2 Å². The van der Waals surface area contributed by atoms with Crippen LogP contribution in [0.1, 0.15) is 52.4 Å². The van der Waals surface area contributed by atoms with Crippen molar-refractivity contribution >= 4 is 0 Å². The summed E-state index contributed by atoms with van der Waals surface area (Å²) in [5.74, 6) is 1.03. The van der Waals surface area contributed by atoms with E-state index < -0.39 is 0 Å². The minimum Gasteiger partial charge on any atom is -0.313 e. The molecule has 2 atom stereocenters. The van der Waals surface area contributed by atoms with E-state index in [1.165, 1.54) is 58.2 Å². The maximum absolute atomic E-state index is 3.67. The smallest absolute Gasteiger partial charge is 0.0195 e. The number of nitrogens with zero attached hydrogens (tertiary/aromatic N) is 1. The zero-order chi connectivity index (χ0) is 11.9. The number of nitrogens with one attached hydrogen (secondary N) is 1. The molecule has 2 unspecified atom stereocenters. The van der Waals surface area contributed by atoms with Crippen LogP contribution < -0.4 is 5.32 Å². The molecule has 3 fully saturated rings. The molecule has 1 saturated heterocycles. The van der Waals surface area contributed by atoms with Crippen molar-refractivity contribution in [3.63, 3.8) is 0 Å². The molecule has 0 aromatic carbocycles. The highest BCUT2D eigenvalue weighted by atomic mass is 15.2. The molecule has 0 aromatic rings. The molecule has 2 heteroatoms. The summed E-state index contributed by atoms with van der Waals surface area (Å²) in [6.45, 7) is 8.87. The molecule has 1 N–H and O–H groups in total. The largest absolute Gasteiger partial charge is 0.313 e. The fraction of sp³-hybridized carbons (Fsp3) is 1.00. The Balaban J connectivity index is 1.58. The molecule has 0 bridgehead atoms. The van der Waals surface area contributed by atoms with Crippen molar-refractivity contribution in [2.24, 2.45) is 11.3 Å². The van der Waals surface area contributed by atoms with Gasteiger partial charge in [0.1, 0.15) is 0 Å². The van der Waals surface area contributed by atoms with E-state index >= 15 is 0 Å². The van der Waals surface area contributed by atoms with E-state index in [4.69, 9.17) is 0 Å². The van der Waals surface area contributed by atoms with Gasteiger partial charge in [0.25, 0.3) is 0 Å². The van der Waals surface area contributed by atoms with E-state index in [9.17, 15) is 0 Å². The molecule has 1 aliphatic heterocycles. The standard InChI is InChI=1S/C15H28N2/c1-12(15(2)7-8-15)17(10-13-5-6-13)11-14-4-3-9-16-14/h12-14,16H,3-11H2,1-2H3. The summed E-state index contributed by atoms with van der Waals surface area (Å²) in [5.41, 5.74) is 0.646. The lowest BCUT2D eigenvalue weighted by molar-refractivity contribution is 0.131. The van der Waals surface area contributed by atoms with E-state index in [-0.39, 0.29) is 0 Å². The van der Waals surface area contributed by atoms with Crippen LogP contribution in [0.2, 0.25) is 0 Å². The first-order valence-corrected chi connectivity index (χ1v) is 7.65.